The van der Waals surface area contributed by atoms with Crippen LogP contribution in [0.4, 0.5) is 0 Å². The average Bonchev–Trinajstić information content (AvgIpc) is 2.36. The van der Waals surface area contributed by atoms with Crippen molar-refractivity contribution in [1.82, 2.24) is 5.32 Å². The summed E-state index contributed by atoms with van der Waals surface area (Å²) in [4.78, 5) is 0. The summed E-state index contributed by atoms with van der Waals surface area (Å²) in [6.45, 7) is 4.31. The lowest BCUT2D eigenvalue weighted by atomic mass is 10.0. The SMILES string of the molecule is C#CC(CCC)NC(CC)c1ccc(Cl)cc1. The molecule has 0 saturated heterocycles. The molecule has 2 unspecified atom stereocenters. The Morgan fingerprint density at radius 2 is 1.94 bits per heavy atom. The Kier molecular flexibility index (Phi) is 6.11. The molecule has 0 fully saturated rings. The van der Waals surface area contributed by atoms with Crippen molar-refractivity contribution in [3.05, 3.63) is 34.9 Å². The second kappa shape index (κ2) is 7.37. The summed E-state index contributed by atoms with van der Waals surface area (Å²) in [6.07, 6.45) is 8.66. The fourth-order valence-electron chi connectivity index (χ4n) is 1.89. The molecule has 17 heavy (non-hydrogen) atoms. The van der Waals surface area contributed by atoms with Gasteiger partial charge in [-0.1, -0.05) is 49.9 Å². The molecule has 0 spiro atoms. The Balaban J connectivity index is 2.71. The van der Waals surface area contributed by atoms with E-state index < -0.39 is 0 Å². The van der Waals surface area contributed by atoms with Gasteiger partial charge in [-0.25, -0.2) is 0 Å². The standard InChI is InChI=1S/C15H20ClN/c1-4-7-14(5-2)17-15(6-3)12-8-10-13(16)11-9-12/h2,8-11,14-15,17H,4,6-7H2,1,3H3. The zero-order valence-electron chi connectivity index (χ0n) is 10.5. The van der Waals surface area contributed by atoms with Crippen LogP contribution >= 0.6 is 11.6 Å². The lowest BCUT2D eigenvalue weighted by Gasteiger charge is -2.21. The van der Waals surface area contributed by atoms with Gasteiger partial charge in [-0.2, -0.15) is 0 Å². The molecule has 0 radical (unpaired) electrons. The first-order chi connectivity index (χ1) is 8.21. The van der Waals surface area contributed by atoms with Gasteiger partial charge in [-0.05, 0) is 30.5 Å². The molecule has 1 aromatic rings. The highest BCUT2D eigenvalue weighted by Crippen LogP contribution is 2.20. The predicted octanol–water partition coefficient (Wildman–Crippen LogP) is 4.18. The minimum atomic E-state index is 0.153. The maximum atomic E-state index is 5.89. The second-order valence-corrected chi connectivity index (χ2v) is 4.62. The Labute approximate surface area is 110 Å². The lowest BCUT2D eigenvalue weighted by Crippen LogP contribution is -2.31. The summed E-state index contributed by atoms with van der Waals surface area (Å²) < 4.78 is 0. The highest BCUT2D eigenvalue weighted by molar-refractivity contribution is 6.30. The number of halogens is 1. The van der Waals surface area contributed by atoms with Crippen molar-refractivity contribution >= 4 is 11.6 Å². The Morgan fingerprint density at radius 1 is 1.29 bits per heavy atom. The van der Waals surface area contributed by atoms with Crippen molar-refractivity contribution in [3.8, 4) is 12.3 Å². The number of hydrogen-bond donors (Lipinski definition) is 1. The van der Waals surface area contributed by atoms with Crippen LogP contribution in [0.2, 0.25) is 5.02 Å². The van der Waals surface area contributed by atoms with E-state index in [1.54, 1.807) is 0 Å². The largest absolute Gasteiger partial charge is 0.297 e. The summed E-state index contributed by atoms with van der Waals surface area (Å²) >= 11 is 5.89. The highest BCUT2D eigenvalue weighted by atomic mass is 35.5. The number of terminal acetylenes is 1. The molecule has 0 aliphatic heterocycles. The van der Waals surface area contributed by atoms with Crippen molar-refractivity contribution in [3.63, 3.8) is 0 Å². The van der Waals surface area contributed by atoms with E-state index in [-0.39, 0.29) is 6.04 Å². The van der Waals surface area contributed by atoms with Crippen LogP contribution < -0.4 is 5.32 Å². The normalized spacial score (nSPS) is 14.0. The first-order valence-corrected chi connectivity index (χ1v) is 6.56. The van der Waals surface area contributed by atoms with E-state index in [9.17, 15) is 0 Å². The third kappa shape index (κ3) is 4.42. The van der Waals surface area contributed by atoms with Crippen molar-refractivity contribution in [2.45, 2.75) is 45.2 Å². The number of benzene rings is 1. The van der Waals surface area contributed by atoms with Gasteiger partial charge in [-0.3, -0.25) is 5.32 Å². The van der Waals surface area contributed by atoms with E-state index in [1.165, 1.54) is 5.56 Å². The van der Waals surface area contributed by atoms with E-state index in [0.29, 0.717) is 6.04 Å². The molecule has 92 valence electrons. The van der Waals surface area contributed by atoms with Gasteiger partial charge in [0.05, 0.1) is 6.04 Å². The van der Waals surface area contributed by atoms with Crippen molar-refractivity contribution in [1.29, 1.82) is 0 Å². The molecular weight excluding hydrogens is 230 g/mol. The smallest absolute Gasteiger partial charge is 0.0691 e. The van der Waals surface area contributed by atoms with Crippen LogP contribution in [0.15, 0.2) is 24.3 Å². The van der Waals surface area contributed by atoms with Gasteiger partial charge in [0.25, 0.3) is 0 Å². The molecule has 0 amide bonds. The first kappa shape index (κ1) is 14.1. The van der Waals surface area contributed by atoms with Crippen LogP contribution in [0.25, 0.3) is 0 Å². The van der Waals surface area contributed by atoms with Crippen molar-refractivity contribution in [2.24, 2.45) is 0 Å². The van der Waals surface area contributed by atoms with Crippen LogP contribution in [-0.2, 0) is 0 Å². The molecule has 1 rings (SSSR count). The Hall–Kier alpha value is -0.970. The summed E-state index contributed by atoms with van der Waals surface area (Å²) in [7, 11) is 0. The molecule has 0 aromatic heterocycles. The monoisotopic (exact) mass is 249 g/mol. The number of hydrogen-bond acceptors (Lipinski definition) is 1. The molecule has 2 heteroatoms. The summed E-state index contributed by atoms with van der Waals surface area (Å²) in [5, 5.41) is 4.28. The molecule has 1 aromatic carbocycles. The van der Waals surface area contributed by atoms with Crippen molar-refractivity contribution in [2.75, 3.05) is 0 Å². The van der Waals surface area contributed by atoms with Gasteiger partial charge >= 0.3 is 0 Å². The third-order valence-corrected chi connectivity index (χ3v) is 3.11. The minimum Gasteiger partial charge on any atom is -0.297 e. The minimum absolute atomic E-state index is 0.153. The fourth-order valence-corrected chi connectivity index (χ4v) is 2.02. The van der Waals surface area contributed by atoms with Crippen LogP contribution in [0, 0.1) is 12.3 Å². The van der Waals surface area contributed by atoms with Crippen LogP contribution in [0.3, 0.4) is 0 Å². The van der Waals surface area contributed by atoms with Gasteiger partial charge in [0.15, 0.2) is 0 Å². The Bertz CT molecular complexity index is 364. The molecule has 1 nitrogen and oxygen atoms in total. The molecule has 0 aliphatic carbocycles. The zero-order valence-corrected chi connectivity index (χ0v) is 11.3. The second-order valence-electron chi connectivity index (χ2n) is 4.19. The van der Waals surface area contributed by atoms with E-state index in [0.717, 1.165) is 24.3 Å². The van der Waals surface area contributed by atoms with E-state index >= 15 is 0 Å². The summed E-state index contributed by atoms with van der Waals surface area (Å²) in [5.74, 6) is 2.81. The average molecular weight is 250 g/mol. The predicted molar refractivity (Wildman–Crippen MR) is 75.1 cm³/mol. The summed E-state index contributed by atoms with van der Waals surface area (Å²) in [5.41, 5.74) is 1.24. The topological polar surface area (TPSA) is 12.0 Å². The van der Waals surface area contributed by atoms with Crippen LogP contribution in [-0.4, -0.2) is 6.04 Å². The lowest BCUT2D eigenvalue weighted by molar-refractivity contribution is 0.460. The van der Waals surface area contributed by atoms with E-state index in [2.05, 4.69) is 37.2 Å². The maximum Gasteiger partial charge on any atom is 0.0691 e. The molecule has 2 atom stereocenters. The van der Waals surface area contributed by atoms with Crippen LogP contribution in [0.5, 0.6) is 0 Å². The zero-order chi connectivity index (χ0) is 12.7. The van der Waals surface area contributed by atoms with Gasteiger partial charge in [0, 0.05) is 11.1 Å². The van der Waals surface area contributed by atoms with Gasteiger partial charge in [-0.15, -0.1) is 6.42 Å². The molecule has 0 aliphatic rings. The summed E-state index contributed by atoms with van der Waals surface area (Å²) in [6, 6.07) is 8.42. The fraction of sp³-hybridized carbons (Fsp3) is 0.467. The van der Waals surface area contributed by atoms with Gasteiger partial charge < -0.3 is 0 Å². The number of nitrogens with one attached hydrogen (secondary N) is 1. The van der Waals surface area contributed by atoms with Crippen LogP contribution in [0.1, 0.15) is 44.7 Å². The molecule has 0 heterocycles. The Morgan fingerprint density at radius 3 is 2.41 bits per heavy atom. The van der Waals surface area contributed by atoms with E-state index in [1.807, 2.05) is 12.1 Å². The third-order valence-electron chi connectivity index (χ3n) is 2.86. The highest BCUT2D eigenvalue weighted by Gasteiger charge is 2.13. The molecule has 1 N–H and O–H groups in total. The molecular formula is C15H20ClN. The van der Waals surface area contributed by atoms with Crippen molar-refractivity contribution < 1.29 is 0 Å². The number of rotatable bonds is 6. The first-order valence-electron chi connectivity index (χ1n) is 6.18. The van der Waals surface area contributed by atoms with Gasteiger partial charge in [0.2, 0.25) is 0 Å². The molecule has 0 saturated carbocycles. The van der Waals surface area contributed by atoms with E-state index in [4.69, 9.17) is 18.0 Å². The van der Waals surface area contributed by atoms with Gasteiger partial charge in [0.1, 0.15) is 0 Å². The maximum absolute atomic E-state index is 5.89. The molecule has 0 bridgehead atoms. The quantitative estimate of drug-likeness (QED) is 0.746.